The Kier molecular flexibility index (Phi) is 3.35. The Morgan fingerprint density at radius 3 is 2.75 bits per heavy atom. The fraction of sp³-hybridized carbons (Fsp3) is 0.231. The predicted molar refractivity (Wildman–Crippen MR) is 61.8 cm³/mol. The molecule has 2 rings (SSSR count). The topological polar surface area (TPSA) is 52.5 Å². The first-order chi connectivity index (χ1) is 7.88. The van der Waals surface area contributed by atoms with E-state index < -0.39 is 0 Å². The molecule has 0 saturated heterocycles. The fourth-order valence-corrected chi connectivity index (χ4v) is 1.62. The smallest absolute Gasteiger partial charge is 0.106 e. The molecule has 0 unspecified atom stereocenters. The van der Waals surface area contributed by atoms with E-state index in [0.717, 1.165) is 24.4 Å². The summed E-state index contributed by atoms with van der Waals surface area (Å²) >= 11 is 0. The summed E-state index contributed by atoms with van der Waals surface area (Å²) in [6, 6.07) is 12.4. The van der Waals surface area contributed by atoms with Gasteiger partial charge in [0.2, 0.25) is 0 Å². The van der Waals surface area contributed by atoms with Crippen molar-refractivity contribution >= 4 is 0 Å². The molecule has 80 valence electrons. The molecule has 1 aromatic heterocycles. The average molecular weight is 211 g/mol. The minimum Gasteiger partial charge on any atom is -0.345 e. The SMILES string of the molecule is N#CCc1cnc(CCc2ccccc2)[nH]1. The number of imidazole rings is 1. The number of hydrogen-bond acceptors (Lipinski definition) is 2. The molecule has 0 aliphatic rings. The van der Waals surface area contributed by atoms with Crippen LogP contribution in [0.25, 0.3) is 0 Å². The first kappa shape index (κ1) is 10.4. The van der Waals surface area contributed by atoms with Crippen molar-refractivity contribution < 1.29 is 0 Å². The van der Waals surface area contributed by atoms with Crippen molar-refractivity contribution in [3.63, 3.8) is 0 Å². The lowest BCUT2D eigenvalue weighted by Crippen LogP contribution is -1.93. The number of nitrogens with one attached hydrogen (secondary N) is 1. The fourth-order valence-electron chi connectivity index (χ4n) is 1.62. The van der Waals surface area contributed by atoms with E-state index in [1.165, 1.54) is 5.56 Å². The van der Waals surface area contributed by atoms with Gasteiger partial charge < -0.3 is 4.98 Å². The van der Waals surface area contributed by atoms with Crippen LogP contribution in [0.15, 0.2) is 36.5 Å². The largest absolute Gasteiger partial charge is 0.345 e. The van der Waals surface area contributed by atoms with Crippen LogP contribution in [0.1, 0.15) is 17.1 Å². The van der Waals surface area contributed by atoms with Gasteiger partial charge in [0.1, 0.15) is 5.82 Å². The first-order valence-corrected chi connectivity index (χ1v) is 5.32. The third-order valence-corrected chi connectivity index (χ3v) is 2.44. The van der Waals surface area contributed by atoms with Crippen LogP contribution in [0.3, 0.4) is 0 Å². The molecule has 3 nitrogen and oxygen atoms in total. The van der Waals surface area contributed by atoms with E-state index in [2.05, 4.69) is 28.2 Å². The Balaban J connectivity index is 1.93. The van der Waals surface area contributed by atoms with Gasteiger partial charge >= 0.3 is 0 Å². The van der Waals surface area contributed by atoms with Crippen molar-refractivity contribution in [2.75, 3.05) is 0 Å². The molecule has 1 heterocycles. The maximum absolute atomic E-state index is 8.54. The Hall–Kier alpha value is -2.08. The van der Waals surface area contributed by atoms with E-state index >= 15 is 0 Å². The van der Waals surface area contributed by atoms with Gasteiger partial charge in [-0.15, -0.1) is 0 Å². The lowest BCUT2D eigenvalue weighted by Gasteiger charge is -1.98. The molecule has 0 aliphatic carbocycles. The molecule has 0 amide bonds. The summed E-state index contributed by atoms with van der Waals surface area (Å²) in [5.74, 6) is 0.953. The highest BCUT2D eigenvalue weighted by molar-refractivity contribution is 5.16. The van der Waals surface area contributed by atoms with Crippen molar-refractivity contribution in [3.8, 4) is 6.07 Å². The maximum Gasteiger partial charge on any atom is 0.106 e. The van der Waals surface area contributed by atoms with Gasteiger partial charge in [0, 0.05) is 18.3 Å². The van der Waals surface area contributed by atoms with Gasteiger partial charge in [0.15, 0.2) is 0 Å². The summed E-state index contributed by atoms with van der Waals surface area (Å²) < 4.78 is 0. The minimum atomic E-state index is 0.401. The molecule has 0 radical (unpaired) electrons. The third kappa shape index (κ3) is 2.71. The predicted octanol–water partition coefficient (Wildman–Crippen LogP) is 2.26. The second-order valence-electron chi connectivity index (χ2n) is 3.68. The standard InChI is InChI=1S/C13H13N3/c14-9-8-12-10-15-13(16-12)7-6-11-4-2-1-3-5-11/h1-5,10H,6-8H2,(H,15,16). The molecule has 1 N–H and O–H groups in total. The highest BCUT2D eigenvalue weighted by Crippen LogP contribution is 2.05. The van der Waals surface area contributed by atoms with Crippen molar-refractivity contribution in [3.05, 3.63) is 53.6 Å². The number of aromatic nitrogens is 2. The van der Waals surface area contributed by atoms with Crippen LogP contribution in [0.5, 0.6) is 0 Å². The van der Waals surface area contributed by atoms with Crippen LogP contribution in [0, 0.1) is 11.3 Å². The Morgan fingerprint density at radius 2 is 2.00 bits per heavy atom. The van der Waals surface area contributed by atoms with E-state index in [-0.39, 0.29) is 0 Å². The molecule has 16 heavy (non-hydrogen) atoms. The van der Waals surface area contributed by atoms with Gasteiger partial charge in [-0.3, -0.25) is 0 Å². The number of H-pyrrole nitrogens is 1. The van der Waals surface area contributed by atoms with Crippen LogP contribution >= 0.6 is 0 Å². The summed E-state index contributed by atoms with van der Waals surface area (Å²) in [4.78, 5) is 7.39. The quantitative estimate of drug-likeness (QED) is 0.843. The monoisotopic (exact) mass is 211 g/mol. The molecule has 3 heteroatoms. The molecule has 0 aliphatic heterocycles. The van der Waals surface area contributed by atoms with Crippen LogP contribution in [-0.4, -0.2) is 9.97 Å². The summed E-state index contributed by atoms with van der Waals surface area (Å²) in [7, 11) is 0. The van der Waals surface area contributed by atoms with Gasteiger partial charge in [-0.25, -0.2) is 4.98 Å². The highest BCUT2D eigenvalue weighted by atomic mass is 14.9. The number of benzene rings is 1. The van der Waals surface area contributed by atoms with E-state index in [9.17, 15) is 0 Å². The molecular formula is C13H13N3. The number of nitriles is 1. The molecule has 2 aromatic rings. The van der Waals surface area contributed by atoms with Crippen LogP contribution in [0.4, 0.5) is 0 Å². The van der Waals surface area contributed by atoms with Crippen molar-refractivity contribution in [2.24, 2.45) is 0 Å². The summed E-state index contributed by atoms with van der Waals surface area (Å²) in [5.41, 5.74) is 2.20. The van der Waals surface area contributed by atoms with Crippen molar-refractivity contribution in [1.82, 2.24) is 9.97 Å². The second kappa shape index (κ2) is 5.13. The summed E-state index contributed by atoms with van der Waals surface area (Å²) in [5, 5.41) is 8.54. The molecular weight excluding hydrogens is 198 g/mol. The molecule has 0 saturated carbocycles. The van der Waals surface area contributed by atoms with E-state index in [1.807, 2.05) is 18.2 Å². The number of hydrogen-bond donors (Lipinski definition) is 1. The Bertz CT molecular complexity index is 479. The summed E-state index contributed by atoms with van der Waals surface area (Å²) in [6.45, 7) is 0. The summed E-state index contributed by atoms with van der Waals surface area (Å²) in [6.07, 6.45) is 4.00. The Morgan fingerprint density at radius 1 is 1.19 bits per heavy atom. The molecule has 1 aromatic carbocycles. The lowest BCUT2D eigenvalue weighted by molar-refractivity contribution is 0.879. The molecule has 0 fully saturated rings. The van der Waals surface area contributed by atoms with E-state index in [0.29, 0.717) is 6.42 Å². The van der Waals surface area contributed by atoms with Crippen LogP contribution in [-0.2, 0) is 19.3 Å². The molecule has 0 bridgehead atoms. The number of nitrogens with zero attached hydrogens (tertiary/aromatic N) is 2. The van der Waals surface area contributed by atoms with Gasteiger partial charge in [-0.1, -0.05) is 30.3 Å². The zero-order valence-corrected chi connectivity index (χ0v) is 8.98. The Labute approximate surface area is 94.8 Å². The number of rotatable bonds is 4. The number of aryl methyl sites for hydroxylation is 2. The van der Waals surface area contributed by atoms with Gasteiger partial charge in [-0.2, -0.15) is 5.26 Å². The highest BCUT2D eigenvalue weighted by Gasteiger charge is 2.00. The normalized spacial score (nSPS) is 9.94. The van der Waals surface area contributed by atoms with E-state index in [1.54, 1.807) is 6.20 Å². The maximum atomic E-state index is 8.54. The van der Waals surface area contributed by atoms with Gasteiger partial charge in [-0.05, 0) is 12.0 Å². The van der Waals surface area contributed by atoms with Crippen LogP contribution in [0.2, 0.25) is 0 Å². The first-order valence-electron chi connectivity index (χ1n) is 5.32. The van der Waals surface area contributed by atoms with E-state index in [4.69, 9.17) is 5.26 Å². The van der Waals surface area contributed by atoms with Gasteiger partial charge in [0.05, 0.1) is 12.5 Å². The second-order valence-corrected chi connectivity index (χ2v) is 3.68. The lowest BCUT2D eigenvalue weighted by atomic mass is 10.1. The van der Waals surface area contributed by atoms with Gasteiger partial charge in [0.25, 0.3) is 0 Å². The molecule has 0 atom stereocenters. The molecule has 0 spiro atoms. The zero-order chi connectivity index (χ0) is 11.2. The number of aromatic amines is 1. The van der Waals surface area contributed by atoms with Crippen molar-refractivity contribution in [2.45, 2.75) is 19.3 Å². The zero-order valence-electron chi connectivity index (χ0n) is 8.98. The van der Waals surface area contributed by atoms with Crippen molar-refractivity contribution in [1.29, 1.82) is 5.26 Å². The van der Waals surface area contributed by atoms with Crippen LogP contribution < -0.4 is 0 Å². The third-order valence-electron chi connectivity index (χ3n) is 2.44. The minimum absolute atomic E-state index is 0.401. The average Bonchev–Trinajstić information content (AvgIpc) is 2.76.